The van der Waals surface area contributed by atoms with Crippen LogP contribution in [0.5, 0.6) is 0 Å². The number of rotatable bonds is 4. The fourth-order valence-corrected chi connectivity index (χ4v) is 3.38. The van der Waals surface area contributed by atoms with Gasteiger partial charge in [0.15, 0.2) is 0 Å². The zero-order valence-electron chi connectivity index (χ0n) is 13.2. The number of likely N-dealkylation sites (tertiary alicyclic amines) is 1. The molecule has 1 N–H and O–H groups in total. The van der Waals surface area contributed by atoms with E-state index in [1.54, 1.807) is 34.2 Å². The molecule has 2 amide bonds. The number of carbonyl (C=O) groups is 2. The van der Waals surface area contributed by atoms with Crippen LogP contribution in [0.2, 0.25) is 0 Å². The molecule has 2 aromatic heterocycles. The molecule has 1 unspecified atom stereocenters. The molecule has 0 radical (unpaired) electrons. The Morgan fingerprint density at radius 2 is 2.30 bits per heavy atom. The first kappa shape index (κ1) is 15.7. The number of aryl methyl sites for hydroxylation is 2. The van der Waals surface area contributed by atoms with Crippen molar-refractivity contribution in [3.05, 3.63) is 34.0 Å². The van der Waals surface area contributed by atoms with Crippen LogP contribution in [-0.2, 0) is 18.4 Å². The van der Waals surface area contributed by atoms with E-state index < -0.39 is 6.04 Å². The highest BCUT2D eigenvalue weighted by atomic mass is 32.1. The first-order valence-corrected chi connectivity index (χ1v) is 8.41. The van der Waals surface area contributed by atoms with Gasteiger partial charge in [0.05, 0.1) is 29.0 Å². The fourth-order valence-electron chi connectivity index (χ4n) is 2.76. The molecule has 23 heavy (non-hydrogen) atoms. The van der Waals surface area contributed by atoms with E-state index in [1.165, 1.54) is 6.20 Å². The van der Waals surface area contributed by atoms with Crippen molar-refractivity contribution in [2.75, 3.05) is 6.54 Å². The van der Waals surface area contributed by atoms with Crippen molar-refractivity contribution in [1.82, 2.24) is 25.0 Å². The van der Waals surface area contributed by atoms with Gasteiger partial charge in [-0.25, -0.2) is 4.98 Å². The molecule has 1 atom stereocenters. The number of nitrogens with one attached hydrogen (secondary N) is 1. The molecule has 0 bridgehead atoms. The van der Waals surface area contributed by atoms with Gasteiger partial charge in [-0.3, -0.25) is 14.3 Å². The van der Waals surface area contributed by atoms with Crippen LogP contribution in [0.3, 0.4) is 0 Å². The second-order valence-corrected chi connectivity index (χ2v) is 6.70. The lowest BCUT2D eigenvalue weighted by Crippen LogP contribution is -2.45. The molecule has 1 aliphatic heterocycles. The van der Waals surface area contributed by atoms with Gasteiger partial charge in [-0.2, -0.15) is 5.10 Å². The Morgan fingerprint density at radius 3 is 2.96 bits per heavy atom. The Hall–Kier alpha value is -2.22. The van der Waals surface area contributed by atoms with Crippen LogP contribution in [0.4, 0.5) is 0 Å². The summed E-state index contributed by atoms with van der Waals surface area (Å²) in [4.78, 5) is 30.9. The maximum atomic E-state index is 12.5. The first-order valence-electron chi connectivity index (χ1n) is 7.53. The molecule has 3 heterocycles. The molecular formula is C15H19N5O2S. The van der Waals surface area contributed by atoms with E-state index in [0.29, 0.717) is 25.1 Å². The zero-order chi connectivity index (χ0) is 16.4. The minimum Gasteiger partial charge on any atom is -0.349 e. The van der Waals surface area contributed by atoms with Crippen LogP contribution >= 0.6 is 11.3 Å². The quantitative estimate of drug-likeness (QED) is 0.909. The summed E-state index contributed by atoms with van der Waals surface area (Å²) < 4.78 is 1.59. The van der Waals surface area contributed by atoms with Crippen molar-refractivity contribution < 1.29 is 9.59 Å². The third-order valence-electron chi connectivity index (χ3n) is 3.88. The molecule has 0 spiro atoms. The van der Waals surface area contributed by atoms with Crippen LogP contribution < -0.4 is 5.32 Å². The molecule has 8 heteroatoms. The lowest BCUT2D eigenvalue weighted by molar-refractivity contribution is -0.125. The minimum atomic E-state index is -0.414. The van der Waals surface area contributed by atoms with Gasteiger partial charge in [-0.1, -0.05) is 0 Å². The average Bonchev–Trinajstić information content (AvgIpc) is 3.24. The Kier molecular flexibility index (Phi) is 4.42. The number of thiazole rings is 1. The molecule has 0 saturated carbocycles. The van der Waals surface area contributed by atoms with E-state index in [2.05, 4.69) is 15.4 Å². The average molecular weight is 333 g/mol. The Bertz CT molecular complexity index is 723. The van der Waals surface area contributed by atoms with Gasteiger partial charge in [0.1, 0.15) is 6.04 Å². The van der Waals surface area contributed by atoms with Gasteiger partial charge in [0, 0.05) is 25.2 Å². The highest BCUT2D eigenvalue weighted by Crippen LogP contribution is 2.20. The van der Waals surface area contributed by atoms with E-state index in [4.69, 9.17) is 0 Å². The Balaban J connectivity index is 1.63. The Labute approximate surface area is 138 Å². The topological polar surface area (TPSA) is 80.1 Å². The molecular weight excluding hydrogens is 314 g/mol. The molecule has 3 rings (SSSR count). The highest BCUT2D eigenvalue weighted by molar-refractivity contribution is 7.09. The predicted molar refractivity (Wildman–Crippen MR) is 86.0 cm³/mol. The van der Waals surface area contributed by atoms with Crippen LogP contribution in [0.1, 0.15) is 33.9 Å². The molecule has 2 aromatic rings. The lowest BCUT2D eigenvalue weighted by atomic mass is 10.2. The Morgan fingerprint density at radius 1 is 1.48 bits per heavy atom. The zero-order valence-corrected chi connectivity index (χ0v) is 14.0. The number of nitrogens with zero attached hydrogens (tertiary/aromatic N) is 4. The second-order valence-electron chi connectivity index (χ2n) is 5.63. The molecule has 0 aromatic carbocycles. The number of carbonyl (C=O) groups excluding carboxylic acids is 2. The van der Waals surface area contributed by atoms with Gasteiger partial charge in [-0.15, -0.1) is 11.3 Å². The molecule has 1 saturated heterocycles. The molecule has 7 nitrogen and oxygen atoms in total. The van der Waals surface area contributed by atoms with Crippen molar-refractivity contribution >= 4 is 23.2 Å². The summed E-state index contributed by atoms with van der Waals surface area (Å²) in [5.74, 6) is -0.259. The predicted octanol–water partition coefficient (Wildman–Crippen LogP) is 1.11. The van der Waals surface area contributed by atoms with Gasteiger partial charge < -0.3 is 10.2 Å². The van der Waals surface area contributed by atoms with Gasteiger partial charge in [0.2, 0.25) is 5.91 Å². The first-order chi connectivity index (χ1) is 11.0. The molecule has 122 valence electrons. The second kappa shape index (κ2) is 6.49. The summed E-state index contributed by atoms with van der Waals surface area (Å²) in [6, 6.07) is -0.414. The fraction of sp³-hybridized carbons (Fsp3) is 0.467. The smallest absolute Gasteiger partial charge is 0.257 e. The van der Waals surface area contributed by atoms with Crippen LogP contribution in [0.15, 0.2) is 17.8 Å². The summed E-state index contributed by atoms with van der Waals surface area (Å²) in [5, 5.41) is 9.81. The lowest BCUT2D eigenvalue weighted by Gasteiger charge is -2.23. The summed E-state index contributed by atoms with van der Waals surface area (Å²) in [7, 11) is 1.76. The van der Waals surface area contributed by atoms with Gasteiger partial charge in [-0.05, 0) is 19.8 Å². The van der Waals surface area contributed by atoms with Crippen molar-refractivity contribution in [3.63, 3.8) is 0 Å². The minimum absolute atomic E-state index is 0.120. The van der Waals surface area contributed by atoms with Crippen molar-refractivity contribution in [2.24, 2.45) is 7.05 Å². The van der Waals surface area contributed by atoms with Crippen LogP contribution in [0.25, 0.3) is 0 Å². The number of amides is 2. The SMILES string of the molecule is Cc1nc(CNC(=O)C2CCCN2C(=O)c2cnn(C)c2)cs1. The summed E-state index contributed by atoms with van der Waals surface area (Å²) >= 11 is 1.56. The molecule has 1 fully saturated rings. The molecule has 1 aliphatic rings. The summed E-state index contributed by atoms with van der Waals surface area (Å²) in [5.41, 5.74) is 1.37. The number of hydrogen-bond acceptors (Lipinski definition) is 5. The van der Waals surface area contributed by atoms with Crippen LogP contribution in [0, 0.1) is 6.92 Å². The normalized spacial score (nSPS) is 17.5. The van der Waals surface area contributed by atoms with E-state index in [-0.39, 0.29) is 11.8 Å². The summed E-state index contributed by atoms with van der Waals surface area (Å²) in [6.45, 7) is 2.93. The molecule has 0 aliphatic carbocycles. The largest absolute Gasteiger partial charge is 0.349 e. The van der Waals surface area contributed by atoms with E-state index in [1.807, 2.05) is 12.3 Å². The van der Waals surface area contributed by atoms with Gasteiger partial charge >= 0.3 is 0 Å². The van der Waals surface area contributed by atoms with Crippen molar-refractivity contribution in [2.45, 2.75) is 32.4 Å². The number of hydrogen-bond donors (Lipinski definition) is 1. The maximum Gasteiger partial charge on any atom is 0.257 e. The third kappa shape index (κ3) is 3.42. The highest BCUT2D eigenvalue weighted by Gasteiger charge is 2.34. The maximum absolute atomic E-state index is 12.5. The van der Waals surface area contributed by atoms with Crippen LogP contribution in [-0.4, -0.2) is 44.1 Å². The van der Waals surface area contributed by atoms with E-state index in [0.717, 1.165) is 17.1 Å². The number of aromatic nitrogens is 3. The van der Waals surface area contributed by atoms with Crippen molar-refractivity contribution in [3.8, 4) is 0 Å². The van der Waals surface area contributed by atoms with E-state index in [9.17, 15) is 9.59 Å². The van der Waals surface area contributed by atoms with Crippen molar-refractivity contribution in [1.29, 1.82) is 0 Å². The standard InChI is InChI=1S/C15H19N5O2S/c1-10-18-12(9-23-10)7-16-14(21)13-4-3-5-20(13)15(22)11-6-17-19(2)8-11/h6,8-9,13H,3-5,7H2,1-2H3,(H,16,21). The monoisotopic (exact) mass is 333 g/mol. The van der Waals surface area contributed by atoms with Gasteiger partial charge in [0.25, 0.3) is 5.91 Å². The summed E-state index contributed by atoms with van der Waals surface area (Å²) in [6.07, 6.45) is 4.73. The third-order valence-corrected chi connectivity index (χ3v) is 4.70. The van der Waals surface area contributed by atoms with E-state index >= 15 is 0 Å².